The number of benzene rings is 1. The Bertz CT molecular complexity index is 687. The van der Waals surface area contributed by atoms with Crippen molar-refractivity contribution < 1.29 is 22.7 Å². The Balaban J connectivity index is 2.33. The van der Waals surface area contributed by atoms with Gasteiger partial charge in [0.25, 0.3) is 0 Å². The molecular weight excluding hydrogens is 353 g/mol. The number of hydrogen-bond acceptors (Lipinski definition) is 4. The maximum atomic E-state index is 13.0. The van der Waals surface area contributed by atoms with E-state index in [2.05, 4.69) is 4.99 Å². The second-order valence-corrected chi connectivity index (χ2v) is 7.59. The normalized spacial score (nSPS) is 18.2. The molecule has 1 heterocycles. The van der Waals surface area contributed by atoms with Crippen molar-refractivity contribution in [1.29, 1.82) is 0 Å². The average Bonchev–Trinajstić information content (AvgIpc) is 2.61. The smallest absolute Gasteiger partial charge is 0.416 e. The van der Waals surface area contributed by atoms with Crippen LogP contribution in [0.15, 0.2) is 23.2 Å². The van der Waals surface area contributed by atoms with Gasteiger partial charge in [-0.2, -0.15) is 13.2 Å². The fourth-order valence-electron chi connectivity index (χ4n) is 3.13. The molecule has 0 radical (unpaired) electrons. The van der Waals surface area contributed by atoms with E-state index in [0.717, 1.165) is 17.2 Å². The Morgan fingerprint density at radius 1 is 1.36 bits per heavy atom. The van der Waals surface area contributed by atoms with Crippen molar-refractivity contribution in [2.45, 2.75) is 44.9 Å². The number of thioether (sulfide) groups is 1. The van der Waals surface area contributed by atoms with Gasteiger partial charge >= 0.3 is 12.3 Å². The highest BCUT2D eigenvalue weighted by Crippen LogP contribution is 2.38. The summed E-state index contributed by atoms with van der Waals surface area (Å²) in [4.78, 5) is 15.5. The van der Waals surface area contributed by atoms with Crippen molar-refractivity contribution in [3.63, 3.8) is 0 Å². The lowest BCUT2D eigenvalue weighted by Crippen LogP contribution is -2.34. The number of hydrogen-bond donors (Lipinski definition) is 1. The third kappa shape index (κ3) is 5.39. The van der Waals surface area contributed by atoms with Crippen LogP contribution in [0.5, 0.6) is 0 Å². The summed E-state index contributed by atoms with van der Waals surface area (Å²) in [5.74, 6) is -0.00900. The van der Waals surface area contributed by atoms with Gasteiger partial charge in [0.05, 0.1) is 16.3 Å². The second kappa shape index (κ2) is 7.27. The third-order valence-corrected chi connectivity index (χ3v) is 4.75. The first-order valence-electron chi connectivity index (χ1n) is 7.80. The highest BCUT2D eigenvalue weighted by atomic mass is 32.2. The van der Waals surface area contributed by atoms with E-state index >= 15 is 0 Å². The minimum atomic E-state index is -4.39. The predicted molar refractivity (Wildman–Crippen MR) is 93.2 cm³/mol. The van der Waals surface area contributed by atoms with Gasteiger partial charge in [-0.1, -0.05) is 0 Å². The van der Waals surface area contributed by atoms with Crippen LogP contribution in [0.1, 0.15) is 37.8 Å². The number of halogens is 3. The van der Waals surface area contributed by atoms with Crippen LogP contribution < -0.4 is 5.73 Å². The average molecular weight is 374 g/mol. The van der Waals surface area contributed by atoms with Gasteiger partial charge in [0.15, 0.2) is 0 Å². The summed E-state index contributed by atoms with van der Waals surface area (Å²) in [6.07, 6.45) is -1.85. The first-order chi connectivity index (χ1) is 11.5. The predicted octanol–water partition coefficient (Wildman–Crippen LogP) is 4.92. The van der Waals surface area contributed by atoms with Crippen LogP contribution in [0.25, 0.3) is 0 Å². The summed E-state index contributed by atoms with van der Waals surface area (Å²) in [6, 6.07) is 3.64. The Morgan fingerprint density at radius 2 is 2.04 bits per heavy atom. The number of carbonyl (C=O) groups excluding carboxylic acids is 1. The molecule has 2 rings (SSSR count). The van der Waals surface area contributed by atoms with E-state index < -0.39 is 23.4 Å². The highest BCUT2D eigenvalue weighted by Gasteiger charge is 2.33. The molecule has 1 unspecified atom stereocenters. The molecule has 0 saturated heterocycles. The summed E-state index contributed by atoms with van der Waals surface area (Å²) < 4.78 is 44.1. The molecular formula is C17H21F3N2O2S. The van der Waals surface area contributed by atoms with Gasteiger partial charge in [-0.25, -0.2) is 9.79 Å². The molecule has 1 aromatic rings. The molecule has 1 amide bonds. The zero-order valence-corrected chi connectivity index (χ0v) is 15.1. The minimum Gasteiger partial charge on any atom is -0.444 e. The van der Waals surface area contributed by atoms with Gasteiger partial charge in [-0.3, -0.25) is 0 Å². The Hall–Kier alpha value is -1.70. The fraction of sp³-hybridized carbons (Fsp3) is 0.529. The molecule has 25 heavy (non-hydrogen) atoms. The van der Waals surface area contributed by atoms with E-state index in [1.165, 1.54) is 17.8 Å². The maximum absolute atomic E-state index is 13.0. The van der Waals surface area contributed by atoms with Gasteiger partial charge in [0.1, 0.15) is 5.60 Å². The number of primary amides is 1. The molecule has 4 nitrogen and oxygen atoms in total. The standard InChI is InChI=1S/C17H21F3N2O2S/c1-16(2,24-15(21)23)9-10-6-11-8-12(17(18,19)20)4-5-13(11)22-14(7-10)25-3/h4-5,8,10H,6-7,9H2,1-3H3,(H2,21,23). The highest BCUT2D eigenvalue weighted by molar-refractivity contribution is 8.13. The molecule has 0 aromatic heterocycles. The van der Waals surface area contributed by atoms with Crippen molar-refractivity contribution in [3.8, 4) is 0 Å². The molecule has 138 valence electrons. The van der Waals surface area contributed by atoms with Crippen LogP contribution in [-0.4, -0.2) is 23.0 Å². The van der Waals surface area contributed by atoms with Crippen LogP contribution in [0.2, 0.25) is 0 Å². The van der Waals surface area contributed by atoms with Crippen LogP contribution in [-0.2, 0) is 17.3 Å². The number of ether oxygens (including phenoxy) is 1. The number of rotatable bonds is 3. The van der Waals surface area contributed by atoms with Gasteiger partial charge in [-0.05, 0) is 69.0 Å². The maximum Gasteiger partial charge on any atom is 0.416 e. The molecule has 0 saturated carbocycles. The molecule has 1 atom stereocenters. The first-order valence-corrected chi connectivity index (χ1v) is 9.03. The van der Waals surface area contributed by atoms with Crippen molar-refractivity contribution in [2.75, 3.05) is 6.26 Å². The third-order valence-electron chi connectivity index (χ3n) is 4.02. The Kier molecular flexibility index (Phi) is 5.71. The van der Waals surface area contributed by atoms with Crippen LogP contribution >= 0.6 is 11.8 Å². The summed E-state index contributed by atoms with van der Waals surface area (Å²) in [5.41, 5.74) is 4.74. The molecule has 1 aliphatic heterocycles. The van der Waals surface area contributed by atoms with Gasteiger partial charge < -0.3 is 10.5 Å². The molecule has 0 aliphatic carbocycles. The quantitative estimate of drug-likeness (QED) is 0.816. The van der Waals surface area contributed by atoms with Gasteiger partial charge in [-0.15, -0.1) is 11.8 Å². The lowest BCUT2D eigenvalue weighted by atomic mass is 9.86. The van der Waals surface area contributed by atoms with Gasteiger partial charge in [0, 0.05) is 0 Å². The van der Waals surface area contributed by atoms with Crippen molar-refractivity contribution >= 4 is 28.6 Å². The van der Waals surface area contributed by atoms with E-state index in [-0.39, 0.29) is 5.92 Å². The lowest BCUT2D eigenvalue weighted by molar-refractivity contribution is -0.137. The minimum absolute atomic E-state index is 0.00900. The zero-order chi connectivity index (χ0) is 18.8. The summed E-state index contributed by atoms with van der Waals surface area (Å²) in [5, 5.41) is 0.846. The number of nitrogens with two attached hydrogens (primary N) is 1. The van der Waals surface area contributed by atoms with E-state index in [9.17, 15) is 18.0 Å². The fourth-order valence-corrected chi connectivity index (χ4v) is 3.72. The summed E-state index contributed by atoms with van der Waals surface area (Å²) in [6.45, 7) is 3.48. The molecule has 0 fully saturated rings. The molecule has 1 aromatic carbocycles. The van der Waals surface area contributed by atoms with Crippen LogP contribution in [0.4, 0.5) is 23.7 Å². The number of alkyl halides is 3. The number of fused-ring (bicyclic) bond motifs is 1. The van der Waals surface area contributed by atoms with E-state index in [0.29, 0.717) is 30.5 Å². The number of carbonyl (C=O) groups is 1. The van der Waals surface area contributed by atoms with Crippen molar-refractivity contribution in [2.24, 2.45) is 16.6 Å². The topological polar surface area (TPSA) is 64.7 Å². The largest absolute Gasteiger partial charge is 0.444 e. The number of nitrogens with zero attached hydrogens (tertiary/aromatic N) is 1. The lowest BCUT2D eigenvalue weighted by Gasteiger charge is -2.28. The second-order valence-electron chi connectivity index (χ2n) is 6.71. The van der Waals surface area contributed by atoms with Crippen LogP contribution in [0, 0.1) is 5.92 Å². The first kappa shape index (κ1) is 19.6. The summed E-state index contributed by atoms with van der Waals surface area (Å²) in [7, 11) is 0. The van der Waals surface area contributed by atoms with E-state index in [4.69, 9.17) is 10.5 Å². The summed E-state index contributed by atoms with van der Waals surface area (Å²) >= 11 is 1.47. The Morgan fingerprint density at radius 3 is 2.60 bits per heavy atom. The van der Waals surface area contributed by atoms with Crippen molar-refractivity contribution in [3.05, 3.63) is 29.3 Å². The molecule has 8 heteroatoms. The van der Waals surface area contributed by atoms with Gasteiger partial charge in [0.2, 0.25) is 0 Å². The number of aliphatic imine (C=N–C) groups is 1. The van der Waals surface area contributed by atoms with Crippen molar-refractivity contribution in [1.82, 2.24) is 0 Å². The Labute approximate surface area is 149 Å². The molecule has 0 bridgehead atoms. The molecule has 0 spiro atoms. The SMILES string of the molecule is CSC1=Nc2ccc(C(F)(F)F)cc2CC(CC(C)(C)OC(N)=O)C1. The van der Waals surface area contributed by atoms with E-state index in [1.807, 2.05) is 6.26 Å². The monoisotopic (exact) mass is 374 g/mol. The van der Waals surface area contributed by atoms with E-state index in [1.54, 1.807) is 13.8 Å². The van der Waals surface area contributed by atoms with Crippen LogP contribution in [0.3, 0.4) is 0 Å². The zero-order valence-electron chi connectivity index (χ0n) is 14.3. The number of amides is 1. The molecule has 2 N–H and O–H groups in total. The molecule has 1 aliphatic rings.